The highest BCUT2D eigenvalue weighted by atomic mass is 16.3. The van der Waals surface area contributed by atoms with Crippen molar-refractivity contribution in [1.29, 1.82) is 0 Å². The maximum Gasteiger partial charge on any atom is 0.164 e. The minimum atomic E-state index is -0.428. The minimum Gasteiger partial charge on any atom is -0.456 e. The van der Waals surface area contributed by atoms with Crippen molar-refractivity contribution in [2.75, 3.05) is 0 Å². The van der Waals surface area contributed by atoms with E-state index in [2.05, 4.69) is 30.3 Å². The molecule has 10 aromatic rings. The lowest BCUT2D eigenvalue weighted by atomic mass is 9.97. The molecule has 0 atom stereocenters. The first-order valence-corrected chi connectivity index (χ1v) is 16.2. The van der Waals surface area contributed by atoms with Crippen LogP contribution in [0.2, 0.25) is 0 Å². The molecule has 50 heavy (non-hydrogen) atoms. The van der Waals surface area contributed by atoms with Crippen molar-refractivity contribution in [3.05, 3.63) is 164 Å². The summed E-state index contributed by atoms with van der Waals surface area (Å²) in [5.41, 5.74) is 7.95. The van der Waals surface area contributed by atoms with Crippen molar-refractivity contribution in [2.45, 2.75) is 0 Å². The predicted molar refractivity (Wildman–Crippen MR) is 202 cm³/mol. The van der Waals surface area contributed by atoms with Gasteiger partial charge in [0.2, 0.25) is 0 Å². The van der Waals surface area contributed by atoms with Crippen LogP contribution in [0.5, 0.6) is 0 Å². The summed E-state index contributed by atoms with van der Waals surface area (Å²) in [4.78, 5) is 14.7. The largest absolute Gasteiger partial charge is 0.456 e. The van der Waals surface area contributed by atoms with E-state index in [1.54, 1.807) is 24.3 Å². The lowest BCUT2D eigenvalue weighted by Crippen LogP contribution is -2.00. The SMILES string of the molecule is [2H]c1c([2H])c([2H])c(-c2ccc(-c3nc(-c4ccccc4)nc(-c4ccc5c(c4)oc4cccc(-c6cccc7c6oc6ccccc67)c45)n3)cc2)c([2H])c1[2H]. The summed E-state index contributed by atoms with van der Waals surface area (Å²) in [5.74, 6) is 1.36. The van der Waals surface area contributed by atoms with Gasteiger partial charge < -0.3 is 8.83 Å². The zero-order valence-corrected chi connectivity index (χ0v) is 26.4. The van der Waals surface area contributed by atoms with Gasteiger partial charge in [0.1, 0.15) is 22.3 Å². The molecule has 0 unspecified atom stereocenters. The molecule has 3 aromatic heterocycles. The normalized spacial score (nSPS) is 13.0. The highest BCUT2D eigenvalue weighted by Crippen LogP contribution is 2.42. The monoisotopic (exact) mass is 646 g/mol. The summed E-state index contributed by atoms with van der Waals surface area (Å²) in [6.45, 7) is 0. The van der Waals surface area contributed by atoms with Crippen molar-refractivity contribution in [3.8, 4) is 56.4 Å². The van der Waals surface area contributed by atoms with Crippen LogP contribution in [0.3, 0.4) is 0 Å². The second-order valence-electron chi connectivity index (χ2n) is 12.0. The lowest BCUT2D eigenvalue weighted by molar-refractivity contribution is 0.669. The van der Waals surface area contributed by atoms with E-state index in [0.29, 0.717) is 34.2 Å². The third-order valence-electron chi connectivity index (χ3n) is 9.05. The van der Waals surface area contributed by atoms with Crippen molar-refractivity contribution in [2.24, 2.45) is 0 Å². The van der Waals surface area contributed by atoms with Gasteiger partial charge in [-0.05, 0) is 41.0 Å². The van der Waals surface area contributed by atoms with E-state index in [1.165, 1.54) is 0 Å². The Morgan fingerprint density at radius 2 is 1.02 bits per heavy atom. The average Bonchev–Trinajstić information content (AvgIpc) is 3.81. The number of furan rings is 2. The fraction of sp³-hybridized carbons (Fsp3) is 0. The fourth-order valence-corrected chi connectivity index (χ4v) is 6.68. The molecule has 3 heterocycles. The smallest absolute Gasteiger partial charge is 0.164 e. The van der Waals surface area contributed by atoms with Gasteiger partial charge in [-0.3, -0.25) is 0 Å². The highest BCUT2D eigenvalue weighted by molar-refractivity contribution is 6.17. The van der Waals surface area contributed by atoms with Crippen LogP contribution in [0, 0.1) is 0 Å². The second kappa shape index (κ2) is 11.4. The Morgan fingerprint density at radius 3 is 1.84 bits per heavy atom. The van der Waals surface area contributed by atoms with Crippen molar-refractivity contribution in [1.82, 2.24) is 15.0 Å². The van der Waals surface area contributed by atoms with E-state index < -0.39 is 6.04 Å². The van der Waals surface area contributed by atoms with Crippen molar-refractivity contribution >= 4 is 43.9 Å². The van der Waals surface area contributed by atoms with E-state index in [1.807, 2.05) is 78.9 Å². The number of aromatic nitrogens is 3. The summed E-state index contributed by atoms with van der Waals surface area (Å²) in [6, 6.07) is 41.3. The van der Waals surface area contributed by atoms with Crippen molar-refractivity contribution < 1.29 is 15.7 Å². The molecule has 0 radical (unpaired) electrons. The van der Waals surface area contributed by atoms with E-state index in [0.717, 1.165) is 60.5 Å². The van der Waals surface area contributed by atoms with Gasteiger partial charge >= 0.3 is 0 Å². The summed E-state index contributed by atoms with van der Waals surface area (Å²) in [6.07, 6.45) is 0. The van der Waals surface area contributed by atoms with Gasteiger partial charge in [0.15, 0.2) is 17.5 Å². The zero-order valence-electron chi connectivity index (χ0n) is 31.4. The van der Waals surface area contributed by atoms with Gasteiger partial charge in [-0.25, -0.2) is 15.0 Å². The zero-order chi connectivity index (χ0) is 37.4. The van der Waals surface area contributed by atoms with Crippen molar-refractivity contribution in [3.63, 3.8) is 0 Å². The molecule has 0 saturated heterocycles. The topological polar surface area (TPSA) is 65.0 Å². The van der Waals surface area contributed by atoms with Crippen LogP contribution >= 0.6 is 0 Å². The molecule has 0 spiro atoms. The molecule has 0 bridgehead atoms. The van der Waals surface area contributed by atoms with E-state index in [9.17, 15) is 0 Å². The summed E-state index contributed by atoms with van der Waals surface area (Å²) < 4.78 is 53.9. The van der Waals surface area contributed by atoms with Gasteiger partial charge in [-0.15, -0.1) is 0 Å². The molecule has 7 aromatic carbocycles. The maximum atomic E-state index is 8.42. The summed E-state index contributed by atoms with van der Waals surface area (Å²) in [7, 11) is 0. The molecule has 10 rings (SSSR count). The Kier molecular flexibility index (Phi) is 5.35. The summed E-state index contributed by atoms with van der Waals surface area (Å²) >= 11 is 0. The standard InChI is InChI=1S/C45H27N3O2/c1-3-11-28(12-4-1)29-21-23-31(24-22-29)44-46-43(30-13-5-2-6-14-30)47-45(48-44)32-25-26-37-40(27-32)49-39-20-10-16-34(41(37)39)36-18-9-17-35-33-15-7-8-19-38(33)50-42(35)36/h1-27H/i1D,3D,4D,11D,12D. The Hall–Kier alpha value is -6.85. The van der Waals surface area contributed by atoms with Crippen LogP contribution in [-0.4, -0.2) is 15.0 Å². The Bertz CT molecular complexity index is 3130. The molecule has 0 aliphatic heterocycles. The number of fused-ring (bicyclic) bond motifs is 6. The predicted octanol–water partition coefficient (Wildman–Crippen LogP) is 12.0. The molecule has 0 saturated carbocycles. The molecule has 0 N–H and O–H groups in total. The Labute approximate surface area is 294 Å². The Balaban J connectivity index is 1.10. The fourth-order valence-electron chi connectivity index (χ4n) is 6.68. The molecule has 0 fully saturated rings. The van der Waals surface area contributed by atoms with Crippen LogP contribution in [-0.2, 0) is 0 Å². The Morgan fingerprint density at radius 1 is 0.400 bits per heavy atom. The molecular formula is C45H27N3O2. The average molecular weight is 647 g/mol. The summed E-state index contributed by atoms with van der Waals surface area (Å²) in [5, 5.41) is 4.06. The number of nitrogens with zero attached hydrogens (tertiary/aromatic N) is 3. The molecule has 0 aliphatic rings. The van der Waals surface area contributed by atoms with Gasteiger partial charge in [0, 0.05) is 43.8 Å². The maximum absolute atomic E-state index is 8.42. The first-order chi connectivity index (χ1) is 26.8. The van der Waals surface area contributed by atoms with E-state index >= 15 is 0 Å². The number of hydrogen-bond donors (Lipinski definition) is 0. The van der Waals surface area contributed by atoms with Gasteiger partial charge in [0.25, 0.3) is 0 Å². The molecular weight excluding hydrogens is 615 g/mol. The number of hydrogen-bond acceptors (Lipinski definition) is 5. The third kappa shape index (κ3) is 4.67. The molecule has 234 valence electrons. The number of benzene rings is 7. The van der Waals surface area contributed by atoms with Crippen LogP contribution in [0.25, 0.3) is 100 Å². The third-order valence-corrected chi connectivity index (χ3v) is 9.05. The van der Waals surface area contributed by atoms with E-state index in [-0.39, 0.29) is 29.7 Å². The quantitative estimate of drug-likeness (QED) is 0.186. The van der Waals surface area contributed by atoms with Crippen LogP contribution in [0.1, 0.15) is 6.85 Å². The minimum absolute atomic E-state index is 0.135. The van der Waals surface area contributed by atoms with Gasteiger partial charge in [-0.1, -0.05) is 139 Å². The first-order valence-electron chi connectivity index (χ1n) is 18.7. The molecule has 0 aliphatic carbocycles. The van der Waals surface area contributed by atoms with Crippen LogP contribution in [0.4, 0.5) is 0 Å². The number of rotatable bonds is 5. The second-order valence-corrected chi connectivity index (χ2v) is 12.0. The van der Waals surface area contributed by atoms with Crippen LogP contribution in [0.15, 0.2) is 173 Å². The lowest BCUT2D eigenvalue weighted by Gasteiger charge is -2.09. The highest BCUT2D eigenvalue weighted by Gasteiger charge is 2.19. The molecule has 0 amide bonds. The van der Waals surface area contributed by atoms with Gasteiger partial charge in [0.05, 0.1) is 6.85 Å². The number of para-hydroxylation sites is 2. The first kappa shape index (κ1) is 23.5. The van der Waals surface area contributed by atoms with Crippen LogP contribution < -0.4 is 0 Å². The van der Waals surface area contributed by atoms with Gasteiger partial charge in [-0.2, -0.15) is 0 Å². The van der Waals surface area contributed by atoms with E-state index in [4.69, 9.17) is 30.6 Å². The molecule has 5 nitrogen and oxygen atoms in total. The molecule has 5 heteroatoms.